The van der Waals surface area contributed by atoms with E-state index in [9.17, 15) is 0 Å². The lowest BCUT2D eigenvalue weighted by molar-refractivity contribution is 0.577. The van der Waals surface area contributed by atoms with Crippen LogP contribution in [0.5, 0.6) is 0 Å². The predicted octanol–water partition coefficient (Wildman–Crippen LogP) is 6.84. The molecular weight excluding hydrogens is 272 g/mol. The van der Waals surface area contributed by atoms with Crippen LogP contribution in [0.2, 0.25) is 0 Å². The molecule has 116 valence electrons. The Morgan fingerprint density at radius 3 is 2.14 bits per heavy atom. The second kappa shape index (κ2) is 5.76. The van der Waals surface area contributed by atoms with Gasteiger partial charge in [0.1, 0.15) is 0 Å². The molecule has 0 bridgehead atoms. The van der Waals surface area contributed by atoms with E-state index < -0.39 is 0 Å². The lowest BCUT2D eigenvalue weighted by Gasteiger charge is -2.26. The summed E-state index contributed by atoms with van der Waals surface area (Å²) in [4.78, 5) is 1.61. The Labute approximate surface area is 134 Å². The van der Waals surface area contributed by atoms with Crippen molar-refractivity contribution in [3.8, 4) is 0 Å². The van der Waals surface area contributed by atoms with E-state index in [-0.39, 0.29) is 10.8 Å². The van der Waals surface area contributed by atoms with Crippen molar-refractivity contribution in [1.29, 1.82) is 0 Å². The molecular formula is C20H30S. The Balaban J connectivity index is 2.77. The first-order valence-electron chi connectivity index (χ1n) is 8.21. The number of benzene rings is 1. The number of thiophene rings is 1. The molecule has 0 N–H and O–H groups in total. The Hall–Kier alpha value is -0.820. The van der Waals surface area contributed by atoms with Gasteiger partial charge in [-0.3, -0.25) is 0 Å². The van der Waals surface area contributed by atoms with Crippen LogP contribution in [-0.4, -0.2) is 0 Å². The summed E-state index contributed by atoms with van der Waals surface area (Å²) in [7, 11) is 0. The van der Waals surface area contributed by atoms with Crippen molar-refractivity contribution in [3.05, 3.63) is 34.2 Å². The zero-order valence-corrected chi connectivity index (χ0v) is 15.6. The average molecular weight is 303 g/mol. The number of fused-ring (bicyclic) bond motifs is 1. The van der Waals surface area contributed by atoms with Crippen LogP contribution in [0.3, 0.4) is 0 Å². The van der Waals surface area contributed by atoms with Gasteiger partial charge in [0.05, 0.1) is 0 Å². The van der Waals surface area contributed by atoms with Crippen LogP contribution in [0.15, 0.2) is 18.2 Å². The topological polar surface area (TPSA) is 0 Å². The maximum atomic E-state index is 2.36. The summed E-state index contributed by atoms with van der Waals surface area (Å²) >= 11 is 2.02. The van der Waals surface area contributed by atoms with Gasteiger partial charge in [-0.2, -0.15) is 0 Å². The molecule has 2 aromatic rings. The van der Waals surface area contributed by atoms with E-state index >= 15 is 0 Å². The normalized spacial score (nSPS) is 13.1. The second-order valence-corrected chi connectivity index (χ2v) is 9.32. The van der Waals surface area contributed by atoms with Crippen LogP contribution in [0.25, 0.3) is 10.1 Å². The SMILES string of the molecule is CCCCc1sc2cccc(C(C)(C)C)c2c1C(C)(C)C. The molecule has 1 heteroatoms. The summed E-state index contributed by atoms with van der Waals surface area (Å²) in [5.74, 6) is 0. The van der Waals surface area contributed by atoms with E-state index in [4.69, 9.17) is 0 Å². The Morgan fingerprint density at radius 2 is 1.62 bits per heavy atom. The molecule has 1 aromatic carbocycles. The highest BCUT2D eigenvalue weighted by Gasteiger charge is 2.27. The number of hydrogen-bond donors (Lipinski definition) is 0. The van der Waals surface area contributed by atoms with Gasteiger partial charge >= 0.3 is 0 Å². The third-order valence-electron chi connectivity index (χ3n) is 4.10. The van der Waals surface area contributed by atoms with Crippen LogP contribution < -0.4 is 0 Å². The fraction of sp³-hybridized carbons (Fsp3) is 0.600. The minimum absolute atomic E-state index is 0.197. The predicted molar refractivity (Wildman–Crippen MR) is 97.8 cm³/mol. The van der Waals surface area contributed by atoms with Crippen molar-refractivity contribution >= 4 is 21.4 Å². The van der Waals surface area contributed by atoms with Gasteiger partial charge in [-0.05, 0) is 40.9 Å². The van der Waals surface area contributed by atoms with E-state index in [0.717, 1.165) is 0 Å². The van der Waals surface area contributed by atoms with Crippen molar-refractivity contribution in [2.24, 2.45) is 0 Å². The molecule has 0 amide bonds. The maximum absolute atomic E-state index is 2.36. The van der Waals surface area contributed by atoms with Gasteiger partial charge in [-0.25, -0.2) is 0 Å². The zero-order valence-electron chi connectivity index (χ0n) is 14.8. The number of rotatable bonds is 3. The number of aryl methyl sites for hydroxylation is 1. The molecule has 21 heavy (non-hydrogen) atoms. The Morgan fingerprint density at radius 1 is 0.952 bits per heavy atom. The fourth-order valence-corrected chi connectivity index (χ4v) is 4.61. The molecule has 0 aliphatic heterocycles. The molecule has 1 aromatic heterocycles. The maximum Gasteiger partial charge on any atom is 0.0351 e. The van der Waals surface area contributed by atoms with Crippen LogP contribution in [0.4, 0.5) is 0 Å². The Bertz CT molecular complexity index is 618. The van der Waals surface area contributed by atoms with E-state index in [1.54, 1.807) is 10.4 Å². The van der Waals surface area contributed by atoms with Gasteiger partial charge in [0.15, 0.2) is 0 Å². The molecule has 0 saturated heterocycles. The summed E-state index contributed by atoms with van der Waals surface area (Å²) in [6.45, 7) is 16.4. The first-order chi connectivity index (χ1) is 9.66. The quantitative estimate of drug-likeness (QED) is 0.582. The highest BCUT2D eigenvalue weighted by atomic mass is 32.1. The number of hydrogen-bond acceptors (Lipinski definition) is 1. The highest BCUT2D eigenvalue weighted by Crippen LogP contribution is 2.44. The van der Waals surface area contributed by atoms with Gasteiger partial charge in [0.2, 0.25) is 0 Å². The van der Waals surface area contributed by atoms with Gasteiger partial charge in [0, 0.05) is 15.0 Å². The van der Waals surface area contributed by atoms with Crippen molar-refractivity contribution in [2.75, 3.05) is 0 Å². The minimum Gasteiger partial charge on any atom is -0.140 e. The van der Waals surface area contributed by atoms with Crippen molar-refractivity contribution in [1.82, 2.24) is 0 Å². The molecule has 0 atom stereocenters. The molecule has 0 fully saturated rings. The number of unbranched alkanes of at least 4 members (excludes halogenated alkanes) is 1. The molecule has 0 radical (unpaired) electrons. The van der Waals surface area contributed by atoms with Gasteiger partial charge in [-0.1, -0.05) is 67.0 Å². The summed E-state index contributed by atoms with van der Waals surface area (Å²) < 4.78 is 1.47. The summed E-state index contributed by atoms with van der Waals surface area (Å²) in [6, 6.07) is 6.86. The molecule has 0 spiro atoms. The van der Waals surface area contributed by atoms with Gasteiger partial charge in [-0.15, -0.1) is 11.3 Å². The van der Waals surface area contributed by atoms with E-state index in [2.05, 4.69) is 66.7 Å². The Kier molecular flexibility index (Phi) is 4.54. The van der Waals surface area contributed by atoms with Crippen LogP contribution in [0.1, 0.15) is 77.3 Å². The van der Waals surface area contributed by atoms with Crippen LogP contribution in [0, 0.1) is 0 Å². The smallest absolute Gasteiger partial charge is 0.0351 e. The first kappa shape index (κ1) is 16.5. The summed E-state index contributed by atoms with van der Waals surface area (Å²) in [5, 5.41) is 1.54. The van der Waals surface area contributed by atoms with Crippen molar-refractivity contribution in [2.45, 2.75) is 78.6 Å². The lowest BCUT2D eigenvalue weighted by Crippen LogP contribution is -2.17. The molecule has 1 heterocycles. The third-order valence-corrected chi connectivity index (χ3v) is 5.32. The summed E-state index contributed by atoms with van der Waals surface area (Å²) in [6.07, 6.45) is 3.79. The lowest BCUT2D eigenvalue weighted by atomic mass is 9.78. The molecule has 0 aliphatic carbocycles. The monoisotopic (exact) mass is 302 g/mol. The zero-order chi connectivity index (χ0) is 15.8. The minimum atomic E-state index is 0.197. The molecule has 2 rings (SSSR count). The fourth-order valence-electron chi connectivity index (χ4n) is 3.13. The van der Waals surface area contributed by atoms with Crippen molar-refractivity contribution in [3.63, 3.8) is 0 Å². The largest absolute Gasteiger partial charge is 0.140 e. The van der Waals surface area contributed by atoms with Crippen LogP contribution in [-0.2, 0) is 17.3 Å². The molecule has 0 saturated carbocycles. The molecule has 0 unspecified atom stereocenters. The van der Waals surface area contributed by atoms with E-state index in [1.165, 1.54) is 34.9 Å². The van der Waals surface area contributed by atoms with E-state index in [0.29, 0.717) is 0 Å². The second-order valence-electron chi connectivity index (χ2n) is 8.18. The van der Waals surface area contributed by atoms with Gasteiger partial charge in [0.25, 0.3) is 0 Å². The molecule has 0 aliphatic rings. The highest BCUT2D eigenvalue weighted by molar-refractivity contribution is 7.19. The molecule has 0 nitrogen and oxygen atoms in total. The van der Waals surface area contributed by atoms with E-state index in [1.807, 2.05) is 11.3 Å². The third kappa shape index (κ3) is 3.34. The summed E-state index contributed by atoms with van der Waals surface area (Å²) in [5.41, 5.74) is 3.51. The van der Waals surface area contributed by atoms with Crippen molar-refractivity contribution < 1.29 is 0 Å². The standard InChI is InChI=1S/C20H30S/c1-8-9-12-16-18(20(5,6)7)17-14(19(2,3)4)11-10-13-15(17)21-16/h10-11,13H,8-9,12H2,1-7H3. The van der Waals surface area contributed by atoms with Gasteiger partial charge < -0.3 is 0 Å². The average Bonchev–Trinajstić information content (AvgIpc) is 2.72. The van der Waals surface area contributed by atoms with Crippen LogP contribution >= 0.6 is 11.3 Å². The first-order valence-corrected chi connectivity index (χ1v) is 9.03.